The Morgan fingerprint density at radius 2 is 2.00 bits per heavy atom. The van der Waals surface area contributed by atoms with Gasteiger partial charge in [0.05, 0.1) is 0 Å². The van der Waals surface area contributed by atoms with E-state index < -0.39 is 0 Å². The molecule has 1 fully saturated rings. The van der Waals surface area contributed by atoms with E-state index in [4.69, 9.17) is 5.84 Å². The average molecular weight is 162 g/mol. The molecule has 64 valence electrons. The van der Waals surface area contributed by atoms with Crippen molar-refractivity contribution in [2.45, 2.75) is 12.3 Å². The molecule has 0 amide bonds. The van der Waals surface area contributed by atoms with Gasteiger partial charge in [0.1, 0.15) is 0 Å². The SMILES string of the molecule is NN1CC[C@H](c2ccccc2)C1. The normalized spacial score (nSPS) is 24.6. The molecule has 1 atom stereocenters. The van der Waals surface area contributed by atoms with Crippen molar-refractivity contribution in [3.05, 3.63) is 35.9 Å². The molecule has 1 aliphatic rings. The zero-order valence-electron chi connectivity index (χ0n) is 7.11. The quantitative estimate of drug-likeness (QED) is 0.631. The van der Waals surface area contributed by atoms with Crippen LogP contribution in [0.1, 0.15) is 17.9 Å². The second kappa shape index (κ2) is 3.25. The third-order valence-electron chi connectivity index (χ3n) is 2.49. The fourth-order valence-corrected chi connectivity index (χ4v) is 1.78. The van der Waals surface area contributed by atoms with E-state index in [1.165, 1.54) is 12.0 Å². The first-order valence-electron chi connectivity index (χ1n) is 4.41. The summed E-state index contributed by atoms with van der Waals surface area (Å²) in [6.45, 7) is 2.03. The summed E-state index contributed by atoms with van der Waals surface area (Å²) in [5.41, 5.74) is 1.42. The van der Waals surface area contributed by atoms with Gasteiger partial charge in [0, 0.05) is 13.1 Å². The van der Waals surface area contributed by atoms with Gasteiger partial charge in [0.15, 0.2) is 0 Å². The molecule has 0 bridgehead atoms. The van der Waals surface area contributed by atoms with Gasteiger partial charge in [-0.05, 0) is 17.9 Å². The van der Waals surface area contributed by atoms with E-state index >= 15 is 0 Å². The summed E-state index contributed by atoms with van der Waals surface area (Å²) >= 11 is 0. The summed E-state index contributed by atoms with van der Waals surface area (Å²) in [7, 11) is 0. The Morgan fingerprint density at radius 1 is 1.25 bits per heavy atom. The van der Waals surface area contributed by atoms with E-state index in [-0.39, 0.29) is 0 Å². The maximum absolute atomic E-state index is 5.70. The van der Waals surface area contributed by atoms with Crippen molar-refractivity contribution in [3.8, 4) is 0 Å². The van der Waals surface area contributed by atoms with Gasteiger partial charge in [-0.25, -0.2) is 5.01 Å². The fourth-order valence-electron chi connectivity index (χ4n) is 1.78. The molecule has 0 spiro atoms. The van der Waals surface area contributed by atoms with Gasteiger partial charge >= 0.3 is 0 Å². The van der Waals surface area contributed by atoms with Crippen LogP contribution in [-0.2, 0) is 0 Å². The summed E-state index contributed by atoms with van der Waals surface area (Å²) in [5.74, 6) is 6.35. The van der Waals surface area contributed by atoms with Crippen LogP contribution in [0.15, 0.2) is 30.3 Å². The van der Waals surface area contributed by atoms with Crippen LogP contribution < -0.4 is 5.84 Å². The Hall–Kier alpha value is -0.860. The molecule has 0 radical (unpaired) electrons. The highest BCUT2D eigenvalue weighted by molar-refractivity contribution is 5.20. The number of hydrogen-bond acceptors (Lipinski definition) is 2. The predicted octanol–water partition coefficient (Wildman–Crippen LogP) is 1.35. The lowest BCUT2D eigenvalue weighted by atomic mass is 9.99. The number of hydrogen-bond donors (Lipinski definition) is 1. The molecule has 0 saturated carbocycles. The van der Waals surface area contributed by atoms with E-state index in [1.807, 2.05) is 5.01 Å². The second-order valence-corrected chi connectivity index (χ2v) is 3.39. The highest BCUT2D eigenvalue weighted by atomic mass is 15.4. The molecular weight excluding hydrogens is 148 g/mol. The molecule has 1 aromatic carbocycles. The smallest absolute Gasteiger partial charge is 0.0197 e. The first-order valence-corrected chi connectivity index (χ1v) is 4.41. The third kappa shape index (κ3) is 1.49. The van der Waals surface area contributed by atoms with Crippen LogP contribution in [0.3, 0.4) is 0 Å². The molecular formula is C10H14N2. The summed E-state index contributed by atoms with van der Waals surface area (Å²) in [6, 6.07) is 10.6. The van der Waals surface area contributed by atoms with Gasteiger partial charge in [-0.1, -0.05) is 30.3 Å². The van der Waals surface area contributed by atoms with Crippen LogP contribution in [-0.4, -0.2) is 18.1 Å². The van der Waals surface area contributed by atoms with E-state index in [0.717, 1.165) is 13.1 Å². The second-order valence-electron chi connectivity index (χ2n) is 3.39. The Bertz CT molecular complexity index is 245. The maximum Gasteiger partial charge on any atom is 0.0197 e. The molecule has 12 heavy (non-hydrogen) atoms. The molecule has 2 heteroatoms. The minimum atomic E-state index is 0.649. The van der Waals surface area contributed by atoms with Crippen LogP contribution in [0.4, 0.5) is 0 Å². The van der Waals surface area contributed by atoms with E-state index in [0.29, 0.717) is 5.92 Å². The van der Waals surface area contributed by atoms with Crippen molar-refractivity contribution in [2.24, 2.45) is 5.84 Å². The molecule has 2 N–H and O–H groups in total. The van der Waals surface area contributed by atoms with Gasteiger partial charge in [0.2, 0.25) is 0 Å². The molecule has 0 aromatic heterocycles. The monoisotopic (exact) mass is 162 g/mol. The fraction of sp³-hybridized carbons (Fsp3) is 0.400. The van der Waals surface area contributed by atoms with Crippen molar-refractivity contribution in [3.63, 3.8) is 0 Å². The van der Waals surface area contributed by atoms with Crippen LogP contribution in [0.5, 0.6) is 0 Å². The maximum atomic E-state index is 5.70. The van der Waals surface area contributed by atoms with E-state index in [1.54, 1.807) is 0 Å². The van der Waals surface area contributed by atoms with Crippen LogP contribution in [0.2, 0.25) is 0 Å². The molecule has 0 aliphatic carbocycles. The topological polar surface area (TPSA) is 29.3 Å². The summed E-state index contributed by atoms with van der Waals surface area (Å²) < 4.78 is 0. The first kappa shape index (κ1) is 7.77. The van der Waals surface area contributed by atoms with Crippen molar-refractivity contribution >= 4 is 0 Å². The highest BCUT2D eigenvalue weighted by Gasteiger charge is 2.20. The molecule has 1 heterocycles. The van der Waals surface area contributed by atoms with Gasteiger partial charge in [-0.15, -0.1) is 0 Å². The van der Waals surface area contributed by atoms with E-state index in [9.17, 15) is 0 Å². The van der Waals surface area contributed by atoms with Crippen LogP contribution in [0, 0.1) is 0 Å². The Morgan fingerprint density at radius 3 is 2.58 bits per heavy atom. The number of hydrazine groups is 1. The van der Waals surface area contributed by atoms with Crippen molar-refractivity contribution in [1.29, 1.82) is 0 Å². The Balaban J connectivity index is 2.11. The predicted molar refractivity (Wildman–Crippen MR) is 49.6 cm³/mol. The third-order valence-corrected chi connectivity index (χ3v) is 2.49. The molecule has 1 saturated heterocycles. The lowest BCUT2D eigenvalue weighted by Gasteiger charge is -2.09. The van der Waals surface area contributed by atoms with Crippen LogP contribution >= 0.6 is 0 Å². The van der Waals surface area contributed by atoms with E-state index in [2.05, 4.69) is 30.3 Å². The lowest BCUT2D eigenvalue weighted by Crippen LogP contribution is -2.27. The van der Waals surface area contributed by atoms with Gasteiger partial charge in [-0.3, -0.25) is 5.84 Å². The lowest BCUT2D eigenvalue weighted by molar-refractivity contribution is 0.350. The Kier molecular flexibility index (Phi) is 2.11. The molecule has 0 unspecified atom stereocenters. The highest BCUT2D eigenvalue weighted by Crippen LogP contribution is 2.24. The first-order chi connectivity index (χ1) is 5.86. The minimum Gasteiger partial charge on any atom is -0.269 e. The molecule has 2 nitrogen and oxygen atoms in total. The van der Waals surface area contributed by atoms with Gasteiger partial charge in [-0.2, -0.15) is 0 Å². The zero-order valence-corrected chi connectivity index (χ0v) is 7.11. The molecule has 1 aromatic rings. The number of benzene rings is 1. The number of nitrogens with two attached hydrogens (primary N) is 1. The van der Waals surface area contributed by atoms with Crippen molar-refractivity contribution in [2.75, 3.05) is 13.1 Å². The zero-order chi connectivity index (χ0) is 8.39. The van der Waals surface area contributed by atoms with Gasteiger partial charge in [0.25, 0.3) is 0 Å². The number of rotatable bonds is 1. The van der Waals surface area contributed by atoms with Crippen molar-refractivity contribution in [1.82, 2.24) is 5.01 Å². The van der Waals surface area contributed by atoms with Gasteiger partial charge < -0.3 is 0 Å². The largest absolute Gasteiger partial charge is 0.269 e. The average Bonchev–Trinajstić information content (AvgIpc) is 2.54. The summed E-state index contributed by atoms with van der Waals surface area (Å²) in [4.78, 5) is 0. The molecule has 1 aliphatic heterocycles. The molecule has 2 rings (SSSR count). The number of nitrogens with zero attached hydrogens (tertiary/aromatic N) is 1. The van der Waals surface area contributed by atoms with Crippen molar-refractivity contribution < 1.29 is 0 Å². The Labute approximate surface area is 73.0 Å². The summed E-state index contributed by atoms with van der Waals surface area (Å²) in [6.07, 6.45) is 1.19. The van der Waals surface area contributed by atoms with Crippen LogP contribution in [0.25, 0.3) is 0 Å². The standard InChI is InChI=1S/C10H14N2/c11-12-7-6-10(8-12)9-4-2-1-3-5-9/h1-5,10H,6-8,11H2/t10-/m0/s1. The minimum absolute atomic E-state index is 0.649. The summed E-state index contributed by atoms with van der Waals surface area (Å²) in [5, 5.41) is 1.90.